The Morgan fingerprint density at radius 2 is 2.33 bits per heavy atom. The number of fused-ring (bicyclic) bond motifs is 2. The predicted octanol–water partition coefficient (Wildman–Crippen LogP) is 1.42. The highest BCUT2D eigenvalue weighted by molar-refractivity contribution is 5.10. The van der Waals surface area contributed by atoms with E-state index in [4.69, 9.17) is 6.42 Å². The van der Waals surface area contributed by atoms with Gasteiger partial charge in [0.2, 0.25) is 0 Å². The molecule has 64 valence electrons. The fourth-order valence-electron chi connectivity index (χ4n) is 2.46. The second kappa shape index (κ2) is 3.33. The van der Waals surface area contributed by atoms with Crippen molar-refractivity contribution in [3.05, 3.63) is 12.2 Å². The van der Waals surface area contributed by atoms with Gasteiger partial charge in [-0.25, -0.2) is 0 Å². The molecular weight excluding hydrogens is 146 g/mol. The molecule has 1 N–H and O–H groups in total. The molecule has 0 heterocycles. The van der Waals surface area contributed by atoms with Crippen LogP contribution in [0.25, 0.3) is 0 Å². The zero-order chi connectivity index (χ0) is 8.39. The van der Waals surface area contributed by atoms with E-state index < -0.39 is 0 Å². The lowest BCUT2D eigenvalue weighted by molar-refractivity contribution is 0.424. The molecule has 1 heteroatoms. The van der Waals surface area contributed by atoms with Gasteiger partial charge in [0.1, 0.15) is 0 Å². The van der Waals surface area contributed by atoms with E-state index in [1.807, 2.05) is 0 Å². The average Bonchev–Trinajstić information content (AvgIpc) is 2.65. The Morgan fingerprint density at radius 1 is 1.42 bits per heavy atom. The summed E-state index contributed by atoms with van der Waals surface area (Å²) >= 11 is 0. The maximum atomic E-state index is 5.16. The monoisotopic (exact) mass is 161 g/mol. The molecule has 0 amide bonds. The average molecular weight is 161 g/mol. The summed E-state index contributed by atoms with van der Waals surface area (Å²) in [7, 11) is 0. The van der Waals surface area contributed by atoms with Crippen molar-refractivity contribution >= 4 is 0 Å². The van der Waals surface area contributed by atoms with Crippen LogP contribution in [-0.2, 0) is 0 Å². The molecule has 1 saturated carbocycles. The van der Waals surface area contributed by atoms with E-state index in [0.29, 0.717) is 0 Å². The molecule has 0 aromatic heterocycles. The maximum Gasteiger partial charge on any atom is 0.0573 e. The van der Waals surface area contributed by atoms with Crippen LogP contribution in [0.2, 0.25) is 0 Å². The number of rotatable bonds is 3. The van der Waals surface area contributed by atoms with Crippen LogP contribution in [0.15, 0.2) is 12.2 Å². The van der Waals surface area contributed by atoms with Crippen LogP contribution in [0, 0.1) is 30.1 Å². The fourth-order valence-corrected chi connectivity index (χ4v) is 2.46. The van der Waals surface area contributed by atoms with Gasteiger partial charge in [0.25, 0.3) is 0 Å². The van der Waals surface area contributed by atoms with Crippen LogP contribution >= 0.6 is 0 Å². The van der Waals surface area contributed by atoms with Crippen LogP contribution in [0.5, 0.6) is 0 Å². The topological polar surface area (TPSA) is 12.0 Å². The quantitative estimate of drug-likeness (QED) is 0.375. The third-order valence-corrected chi connectivity index (χ3v) is 3.05. The summed E-state index contributed by atoms with van der Waals surface area (Å²) in [6.45, 7) is 1.83. The molecule has 0 radical (unpaired) electrons. The lowest BCUT2D eigenvalue weighted by atomic mass is 9.94. The van der Waals surface area contributed by atoms with Crippen molar-refractivity contribution in [2.24, 2.45) is 17.8 Å². The second-order valence-corrected chi connectivity index (χ2v) is 3.88. The molecule has 1 unspecified atom stereocenters. The maximum absolute atomic E-state index is 5.16. The number of allylic oxidation sites excluding steroid dienone is 2. The van der Waals surface area contributed by atoms with Crippen molar-refractivity contribution in [3.63, 3.8) is 0 Å². The Kier molecular flexibility index (Phi) is 2.19. The molecule has 2 bridgehead atoms. The van der Waals surface area contributed by atoms with Crippen molar-refractivity contribution in [2.75, 3.05) is 13.1 Å². The summed E-state index contributed by atoms with van der Waals surface area (Å²) < 4.78 is 0. The Labute approximate surface area is 74.2 Å². The minimum absolute atomic E-state index is 0.720. The minimum atomic E-state index is 0.720. The summed E-state index contributed by atoms with van der Waals surface area (Å²) in [5, 5.41) is 3.29. The molecule has 0 aromatic rings. The zero-order valence-electron chi connectivity index (χ0n) is 7.29. The van der Waals surface area contributed by atoms with Crippen LogP contribution in [0.3, 0.4) is 0 Å². The van der Waals surface area contributed by atoms with Crippen molar-refractivity contribution in [2.45, 2.75) is 12.8 Å². The van der Waals surface area contributed by atoms with Gasteiger partial charge in [0, 0.05) is 0 Å². The van der Waals surface area contributed by atoms with Gasteiger partial charge >= 0.3 is 0 Å². The van der Waals surface area contributed by atoms with Gasteiger partial charge in [-0.1, -0.05) is 18.1 Å². The summed E-state index contributed by atoms with van der Waals surface area (Å²) in [4.78, 5) is 0. The van der Waals surface area contributed by atoms with E-state index in [2.05, 4.69) is 23.4 Å². The van der Waals surface area contributed by atoms with Gasteiger partial charge in [0.05, 0.1) is 6.54 Å². The van der Waals surface area contributed by atoms with Crippen molar-refractivity contribution < 1.29 is 0 Å². The molecule has 12 heavy (non-hydrogen) atoms. The summed E-state index contributed by atoms with van der Waals surface area (Å²) in [5.41, 5.74) is 0. The predicted molar refractivity (Wildman–Crippen MR) is 50.5 cm³/mol. The minimum Gasteiger partial charge on any atom is -0.306 e. The summed E-state index contributed by atoms with van der Waals surface area (Å²) in [6, 6.07) is 0. The number of hydrogen-bond donors (Lipinski definition) is 1. The Bertz CT molecular complexity index is 224. The van der Waals surface area contributed by atoms with Crippen LogP contribution in [0.1, 0.15) is 12.8 Å². The summed E-state index contributed by atoms with van der Waals surface area (Å²) in [5.74, 6) is 5.19. The summed E-state index contributed by atoms with van der Waals surface area (Å²) in [6.07, 6.45) is 12.7. The standard InChI is InChI=1S/C11H15N/c1-2-5-12-8-11-7-9-3-4-10(11)6-9/h1,3-4,9-12H,5-8H2/t9-,10+,11?/m1/s1. The van der Waals surface area contributed by atoms with E-state index in [9.17, 15) is 0 Å². The highest BCUT2D eigenvalue weighted by atomic mass is 14.9. The smallest absolute Gasteiger partial charge is 0.0573 e. The molecular formula is C11H15N. The van der Waals surface area contributed by atoms with Gasteiger partial charge in [-0.3, -0.25) is 0 Å². The van der Waals surface area contributed by atoms with Gasteiger partial charge in [-0.2, -0.15) is 0 Å². The Morgan fingerprint density at radius 3 is 2.92 bits per heavy atom. The normalized spacial score (nSPS) is 37.1. The first-order valence-corrected chi connectivity index (χ1v) is 4.72. The molecule has 2 aliphatic rings. The van der Waals surface area contributed by atoms with E-state index in [0.717, 1.165) is 30.8 Å². The van der Waals surface area contributed by atoms with Crippen molar-refractivity contribution in [3.8, 4) is 12.3 Å². The lowest BCUT2D eigenvalue weighted by Gasteiger charge is -2.17. The first-order valence-electron chi connectivity index (χ1n) is 4.72. The third-order valence-electron chi connectivity index (χ3n) is 3.05. The first-order chi connectivity index (χ1) is 5.90. The molecule has 3 atom stereocenters. The molecule has 1 fully saturated rings. The number of terminal acetylenes is 1. The Balaban J connectivity index is 1.77. The van der Waals surface area contributed by atoms with Crippen molar-refractivity contribution in [1.29, 1.82) is 0 Å². The number of hydrogen-bond acceptors (Lipinski definition) is 1. The van der Waals surface area contributed by atoms with Gasteiger partial charge < -0.3 is 5.32 Å². The van der Waals surface area contributed by atoms with E-state index in [1.54, 1.807) is 0 Å². The highest BCUT2D eigenvalue weighted by Crippen LogP contribution is 2.42. The molecule has 1 nitrogen and oxygen atoms in total. The van der Waals surface area contributed by atoms with E-state index in [1.165, 1.54) is 12.8 Å². The second-order valence-electron chi connectivity index (χ2n) is 3.88. The molecule has 0 spiro atoms. The zero-order valence-corrected chi connectivity index (χ0v) is 7.29. The molecule has 2 aliphatic carbocycles. The van der Waals surface area contributed by atoms with Crippen LogP contribution in [0.4, 0.5) is 0 Å². The Hall–Kier alpha value is -0.740. The first kappa shape index (κ1) is 7.89. The molecule has 0 aliphatic heterocycles. The van der Waals surface area contributed by atoms with Crippen molar-refractivity contribution in [1.82, 2.24) is 5.32 Å². The molecule has 0 saturated heterocycles. The highest BCUT2D eigenvalue weighted by Gasteiger charge is 2.34. The number of nitrogens with one attached hydrogen (secondary N) is 1. The molecule has 0 aromatic carbocycles. The third kappa shape index (κ3) is 1.40. The lowest BCUT2D eigenvalue weighted by Crippen LogP contribution is -2.25. The van der Waals surface area contributed by atoms with E-state index >= 15 is 0 Å². The van der Waals surface area contributed by atoms with E-state index in [-0.39, 0.29) is 0 Å². The molecule has 2 rings (SSSR count). The van der Waals surface area contributed by atoms with Gasteiger partial charge in [-0.15, -0.1) is 6.42 Å². The fraction of sp³-hybridized carbons (Fsp3) is 0.636. The van der Waals surface area contributed by atoms with Crippen LogP contribution in [-0.4, -0.2) is 13.1 Å². The SMILES string of the molecule is C#CCNCC1C[C@@H]2C=C[C@H]1C2. The van der Waals surface area contributed by atoms with Gasteiger partial charge in [0.15, 0.2) is 0 Å². The van der Waals surface area contributed by atoms with Gasteiger partial charge in [-0.05, 0) is 37.1 Å². The van der Waals surface area contributed by atoms with Crippen LogP contribution < -0.4 is 5.32 Å². The largest absolute Gasteiger partial charge is 0.306 e.